The summed E-state index contributed by atoms with van der Waals surface area (Å²) in [6, 6.07) is 19.7. The maximum absolute atomic E-state index is 5.81. The number of methoxy groups -OCH3 is 1. The summed E-state index contributed by atoms with van der Waals surface area (Å²) in [5.41, 5.74) is 19.4. The highest BCUT2D eigenvalue weighted by molar-refractivity contribution is 7.25. The number of ether oxygens (including phenoxy) is 1. The van der Waals surface area contributed by atoms with E-state index in [4.69, 9.17) is 16.2 Å². The number of allylic oxidation sites excluding steroid dienone is 3. The Balaban J connectivity index is 1.87. The first-order chi connectivity index (χ1) is 17.0. The van der Waals surface area contributed by atoms with Crippen LogP contribution >= 0.6 is 11.3 Å². The molecular formula is C31H34N2OS. The van der Waals surface area contributed by atoms with Crippen LogP contribution < -0.4 is 16.2 Å². The van der Waals surface area contributed by atoms with Crippen molar-refractivity contribution >= 4 is 37.1 Å². The largest absolute Gasteiger partial charge is 0.496 e. The molecule has 0 amide bonds. The molecule has 0 bridgehead atoms. The quantitative estimate of drug-likeness (QED) is 0.230. The van der Waals surface area contributed by atoms with Gasteiger partial charge in [0.05, 0.1) is 7.11 Å². The van der Waals surface area contributed by atoms with Gasteiger partial charge < -0.3 is 16.2 Å². The minimum absolute atomic E-state index is 0.591. The smallest absolute Gasteiger partial charge is 0.126 e. The molecule has 0 aliphatic carbocycles. The van der Waals surface area contributed by atoms with Crippen LogP contribution in [0.25, 0.3) is 36.9 Å². The second-order valence-corrected chi connectivity index (χ2v) is 9.89. The molecule has 0 saturated carbocycles. The molecule has 0 aliphatic rings. The lowest BCUT2D eigenvalue weighted by molar-refractivity contribution is 0.416. The topological polar surface area (TPSA) is 61.3 Å². The molecule has 3 aromatic carbocycles. The van der Waals surface area contributed by atoms with Crippen molar-refractivity contribution in [1.29, 1.82) is 0 Å². The van der Waals surface area contributed by atoms with Gasteiger partial charge in [0.2, 0.25) is 0 Å². The highest BCUT2D eigenvalue weighted by atomic mass is 32.1. The van der Waals surface area contributed by atoms with Crippen molar-refractivity contribution < 1.29 is 4.74 Å². The SMILES string of the molecule is C=C(C=C(C(=C)CC)c1ccc2sc3ccc(-c4cc(CCN)ccc4OC)cc3c2c1)CCN. The number of rotatable bonds is 10. The molecule has 0 saturated heterocycles. The third-order valence-electron chi connectivity index (χ3n) is 6.41. The molecule has 0 spiro atoms. The summed E-state index contributed by atoms with van der Waals surface area (Å²) in [5.74, 6) is 0.869. The molecule has 4 aromatic rings. The minimum atomic E-state index is 0.591. The molecule has 0 aliphatic heterocycles. The predicted molar refractivity (Wildman–Crippen MR) is 154 cm³/mol. The summed E-state index contributed by atoms with van der Waals surface area (Å²) in [4.78, 5) is 0. The van der Waals surface area contributed by atoms with Gasteiger partial charge in [0.1, 0.15) is 5.75 Å². The van der Waals surface area contributed by atoms with E-state index in [-0.39, 0.29) is 0 Å². The van der Waals surface area contributed by atoms with Gasteiger partial charge >= 0.3 is 0 Å². The number of hydrogen-bond acceptors (Lipinski definition) is 4. The zero-order valence-electron chi connectivity index (χ0n) is 20.7. The Morgan fingerprint density at radius 1 is 0.943 bits per heavy atom. The number of fused-ring (bicyclic) bond motifs is 3. The minimum Gasteiger partial charge on any atom is -0.496 e. The summed E-state index contributed by atoms with van der Waals surface area (Å²) in [6.07, 6.45) is 4.65. The molecule has 4 heteroatoms. The number of thiophene rings is 1. The van der Waals surface area contributed by atoms with Crippen molar-refractivity contribution in [2.45, 2.75) is 26.2 Å². The Hall–Kier alpha value is -3.18. The normalized spacial score (nSPS) is 11.8. The summed E-state index contributed by atoms with van der Waals surface area (Å²) >= 11 is 1.82. The first-order valence-electron chi connectivity index (χ1n) is 12.1. The van der Waals surface area contributed by atoms with Crippen LogP contribution in [0.2, 0.25) is 0 Å². The summed E-state index contributed by atoms with van der Waals surface area (Å²) in [6.45, 7) is 11.9. The molecule has 4 rings (SSSR count). The van der Waals surface area contributed by atoms with Crippen LogP contribution in [-0.4, -0.2) is 20.2 Å². The molecule has 0 unspecified atom stereocenters. The lowest BCUT2D eigenvalue weighted by Crippen LogP contribution is -2.03. The fraction of sp³-hybridized carbons (Fsp3) is 0.226. The highest BCUT2D eigenvalue weighted by Crippen LogP contribution is 2.40. The molecular weight excluding hydrogens is 448 g/mol. The monoisotopic (exact) mass is 482 g/mol. The van der Waals surface area contributed by atoms with Gasteiger partial charge in [-0.3, -0.25) is 0 Å². The van der Waals surface area contributed by atoms with Crippen molar-refractivity contribution in [3.05, 3.63) is 96.1 Å². The fourth-order valence-corrected chi connectivity index (χ4v) is 5.52. The van der Waals surface area contributed by atoms with Crippen LogP contribution in [0.4, 0.5) is 0 Å². The van der Waals surface area contributed by atoms with Crippen LogP contribution in [0.15, 0.2) is 85.0 Å². The molecule has 180 valence electrons. The van der Waals surface area contributed by atoms with E-state index in [9.17, 15) is 0 Å². The average Bonchev–Trinajstić information content (AvgIpc) is 3.24. The Morgan fingerprint density at radius 2 is 1.69 bits per heavy atom. The molecule has 0 radical (unpaired) electrons. The first kappa shape index (κ1) is 24.9. The zero-order valence-corrected chi connectivity index (χ0v) is 21.5. The number of benzene rings is 3. The van der Waals surface area contributed by atoms with Gasteiger partial charge in [-0.2, -0.15) is 0 Å². The van der Waals surface area contributed by atoms with E-state index >= 15 is 0 Å². The van der Waals surface area contributed by atoms with Gasteiger partial charge in [0.25, 0.3) is 0 Å². The van der Waals surface area contributed by atoms with E-state index in [2.05, 4.69) is 74.7 Å². The van der Waals surface area contributed by atoms with Crippen molar-refractivity contribution in [3.8, 4) is 16.9 Å². The number of nitrogens with two attached hydrogens (primary N) is 2. The van der Waals surface area contributed by atoms with Crippen molar-refractivity contribution in [3.63, 3.8) is 0 Å². The van der Waals surface area contributed by atoms with Crippen LogP contribution in [0.3, 0.4) is 0 Å². The highest BCUT2D eigenvalue weighted by Gasteiger charge is 2.13. The van der Waals surface area contributed by atoms with E-state index < -0.39 is 0 Å². The maximum Gasteiger partial charge on any atom is 0.126 e. The van der Waals surface area contributed by atoms with Crippen LogP contribution in [0.5, 0.6) is 5.75 Å². The molecule has 3 nitrogen and oxygen atoms in total. The van der Waals surface area contributed by atoms with Gasteiger partial charge in [-0.05, 0) is 96.6 Å². The Bertz CT molecular complexity index is 1430. The Morgan fingerprint density at radius 3 is 2.37 bits per heavy atom. The third-order valence-corrected chi connectivity index (χ3v) is 7.56. The molecule has 1 aromatic heterocycles. The Kier molecular flexibility index (Phi) is 7.86. The summed E-state index contributed by atoms with van der Waals surface area (Å²) in [7, 11) is 1.72. The molecule has 0 fully saturated rings. The van der Waals surface area contributed by atoms with Crippen molar-refractivity contribution in [2.75, 3.05) is 20.2 Å². The Labute approximate surface area is 212 Å². The van der Waals surface area contributed by atoms with E-state index in [0.717, 1.165) is 58.4 Å². The molecule has 35 heavy (non-hydrogen) atoms. The third kappa shape index (κ3) is 5.25. The van der Waals surface area contributed by atoms with E-state index in [1.165, 1.54) is 25.7 Å². The van der Waals surface area contributed by atoms with Gasteiger partial charge in [-0.15, -0.1) is 11.3 Å². The lowest BCUT2D eigenvalue weighted by atomic mass is 9.93. The second kappa shape index (κ2) is 11.0. The van der Waals surface area contributed by atoms with Crippen LogP contribution in [0, 0.1) is 0 Å². The van der Waals surface area contributed by atoms with Crippen LogP contribution in [-0.2, 0) is 6.42 Å². The van der Waals surface area contributed by atoms with Gasteiger partial charge in [0.15, 0.2) is 0 Å². The van der Waals surface area contributed by atoms with Gasteiger partial charge in [0, 0.05) is 25.7 Å². The fourth-order valence-electron chi connectivity index (χ4n) is 4.46. The number of hydrogen-bond donors (Lipinski definition) is 2. The van der Waals surface area contributed by atoms with E-state index in [1.807, 2.05) is 17.4 Å². The van der Waals surface area contributed by atoms with E-state index in [0.29, 0.717) is 13.1 Å². The van der Waals surface area contributed by atoms with Crippen molar-refractivity contribution in [2.24, 2.45) is 11.5 Å². The summed E-state index contributed by atoms with van der Waals surface area (Å²) < 4.78 is 8.24. The molecule has 0 atom stereocenters. The first-order valence-corrected chi connectivity index (χ1v) is 12.9. The standard InChI is InChI=1S/C31H34N2OS/c1-5-21(3)25(16-20(2)12-14-32)23-7-10-30-27(18-23)28-19-24(8-11-31(28)35-30)26-17-22(13-15-33)6-9-29(26)34-4/h6-11,16-19H,2-3,5,12-15,32-33H2,1,4H3. The predicted octanol–water partition coefficient (Wildman–Crippen LogP) is 7.49. The van der Waals surface area contributed by atoms with E-state index in [1.54, 1.807) is 7.11 Å². The lowest BCUT2D eigenvalue weighted by Gasteiger charge is -2.12. The summed E-state index contributed by atoms with van der Waals surface area (Å²) in [5, 5.41) is 2.50. The van der Waals surface area contributed by atoms with Gasteiger partial charge in [-0.25, -0.2) is 0 Å². The zero-order chi connectivity index (χ0) is 24.9. The molecule has 1 heterocycles. The van der Waals surface area contributed by atoms with Crippen LogP contribution in [0.1, 0.15) is 30.9 Å². The molecule has 4 N–H and O–H groups in total. The average molecular weight is 483 g/mol. The second-order valence-electron chi connectivity index (χ2n) is 8.81. The van der Waals surface area contributed by atoms with Crippen molar-refractivity contribution in [1.82, 2.24) is 0 Å². The maximum atomic E-state index is 5.81. The van der Waals surface area contributed by atoms with Gasteiger partial charge in [-0.1, -0.05) is 49.9 Å².